The molecule has 0 atom stereocenters. The zero-order valence-corrected chi connectivity index (χ0v) is 17.6. The van der Waals surface area contributed by atoms with Gasteiger partial charge in [-0.25, -0.2) is 0 Å². The van der Waals surface area contributed by atoms with Gasteiger partial charge in [-0.1, -0.05) is 30.3 Å². The molecule has 0 fully saturated rings. The third kappa shape index (κ3) is 5.12. The van der Waals surface area contributed by atoms with Crippen molar-refractivity contribution in [3.05, 3.63) is 89.0 Å². The van der Waals surface area contributed by atoms with E-state index in [2.05, 4.69) is 28.8 Å². The molecular formula is C26H26N2O3. The number of carbonyl (C=O) groups excluding carboxylic acids is 2. The van der Waals surface area contributed by atoms with Crippen molar-refractivity contribution in [1.82, 2.24) is 0 Å². The second-order valence-electron chi connectivity index (χ2n) is 7.77. The Morgan fingerprint density at radius 2 is 1.61 bits per heavy atom. The van der Waals surface area contributed by atoms with Gasteiger partial charge in [-0.2, -0.15) is 0 Å². The Hall–Kier alpha value is -3.60. The van der Waals surface area contributed by atoms with Crippen LogP contribution in [0.3, 0.4) is 0 Å². The number of nitrogens with one attached hydrogen (secondary N) is 2. The van der Waals surface area contributed by atoms with Gasteiger partial charge in [0.2, 0.25) is 5.91 Å². The standard InChI is InChI=1S/C26H26N2O3/c1-31-24-9-5-4-8-23(24)28-26(30)20-12-14-22(15-13-20)27-25(29)17-18-10-11-19-6-2-3-7-21(19)16-18/h4-5,8-16H,2-3,6-7,17H2,1H3,(H,27,29)(H,28,30). The summed E-state index contributed by atoms with van der Waals surface area (Å²) in [4.78, 5) is 25.0. The van der Waals surface area contributed by atoms with Crippen molar-refractivity contribution in [2.24, 2.45) is 0 Å². The minimum atomic E-state index is -0.239. The van der Waals surface area contributed by atoms with Gasteiger partial charge in [-0.05, 0) is 78.8 Å². The fourth-order valence-corrected chi connectivity index (χ4v) is 3.93. The number of aryl methyl sites for hydroxylation is 2. The molecule has 0 spiro atoms. The van der Waals surface area contributed by atoms with Crippen molar-refractivity contribution in [3.63, 3.8) is 0 Å². The first-order valence-corrected chi connectivity index (χ1v) is 10.6. The zero-order valence-electron chi connectivity index (χ0n) is 17.6. The van der Waals surface area contributed by atoms with E-state index in [-0.39, 0.29) is 11.8 Å². The topological polar surface area (TPSA) is 67.4 Å². The molecule has 0 bridgehead atoms. The van der Waals surface area contributed by atoms with Gasteiger partial charge < -0.3 is 15.4 Å². The van der Waals surface area contributed by atoms with Crippen LogP contribution in [0.15, 0.2) is 66.7 Å². The fourth-order valence-electron chi connectivity index (χ4n) is 3.93. The van der Waals surface area contributed by atoms with Crippen LogP contribution in [-0.2, 0) is 24.1 Å². The lowest BCUT2D eigenvalue weighted by molar-refractivity contribution is -0.115. The molecular weight excluding hydrogens is 388 g/mol. The predicted octanol–water partition coefficient (Wildman–Crippen LogP) is 5.01. The maximum Gasteiger partial charge on any atom is 0.255 e. The molecule has 0 unspecified atom stereocenters. The number of anilines is 2. The first kappa shape index (κ1) is 20.7. The molecule has 158 valence electrons. The van der Waals surface area contributed by atoms with Crippen molar-refractivity contribution in [3.8, 4) is 5.75 Å². The highest BCUT2D eigenvalue weighted by molar-refractivity contribution is 6.05. The van der Waals surface area contributed by atoms with E-state index in [0.29, 0.717) is 29.1 Å². The molecule has 0 saturated heterocycles. The van der Waals surface area contributed by atoms with E-state index >= 15 is 0 Å². The number of ether oxygens (including phenoxy) is 1. The first-order chi connectivity index (χ1) is 15.1. The quantitative estimate of drug-likeness (QED) is 0.596. The highest BCUT2D eigenvalue weighted by atomic mass is 16.5. The predicted molar refractivity (Wildman–Crippen MR) is 123 cm³/mol. The van der Waals surface area contributed by atoms with E-state index in [1.807, 2.05) is 12.1 Å². The smallest absolute Gasteiger partial charge is 0.255 e. The van der Waals surface area contributed by atoms with Gasteiger partial charge in [-0.3, -0.25) is 9.59 Å². The number of rotatable bonds is 6. The van der Waals surface area contributed by atoms with Crippen molar-refractivity contribution in [2.45, 2.75) is 32.1 Å². The second kappa shape index (κ2) is 9.47. The number of hydrogen-bond donors (Lipinski definition) is 2. The van der Waals surface area contributed by atoms with Crippen LogP contribution in [-0.4, -0.2) is 18.9 Å². The van der Waals surface area contributed by atoms with E-state index in [1.165, 1.54) is 24.0 Å². The maximum atomic E-state index is 12.5. The van der Waals surface area contributed by atoms with Crippen LogP contribution in [0.2, 0.25) is 0 Å². The Kier molecular flexibility index (Phi) is 6.32. The molecule has 1 aliphatic carbocycles. The third-order valence-corrected chi connectivity index (χ3v) is 5.56. The fraction of sp³-hybridized carbons (Fsp3) is 0.231. The Morgan fingerprint density at radius 1 is 0.871 bits per heavy atom. The monoisotopic (exact) mass is 414 g/mol. The van der Waals surface area contributed by atoms with Crippen LogP contribution in [0, 0.1) is 0 Å². The van der Waals surface area contributed by atoms with E-state index in [9.17, 15) is 9.59 Å². The van der Waals surface area contributed by atoms with Crippen LogP contribution in [0.1, 0.15) is 39.9 Å². The number of hydrogen-bond acceptors (Lipinski definition) is 3. The summed E-state index contributed by atoms with van der Waals surface area (Å²) in [6.07, 6.45) is 5.05. The normalized spacial score (nSPS) is 12.5. The molecule has 0 aromatic heterocycles. The molecule has 0 saturated carbocycles. The minimum Gasteiger partial charge on any atom is -0.495 e. The van der Waals surface area contributed by atoms with Gasteiger partial charge in [0.1, 0.15) is 5.75 Å². The molecule has 5 nitrogen and oxygen atoms in total. The minimum absolute atomic E-state index is 0.0676. The summed E-state index contributed by atoms with van der Waals surface area (Å²) in [6.45, 7) is 0. The summed E-state index contributed by atoms with van der Waals surface area (Å²) in [5, 5.41) is 5.76. The zero-order chi connectivity index (χ0) is 21.6. The Labute approximate surface area is 182 Å². The van der Waals surface area contributed by atoms with E-state index < -0.39 is 0 Å². The Bertz CT molecular complexity index is 1090. The third-order valence-electron chi connectivity index (χ3n) is 5.56. The molecule has 1 aliphatic rings. The van der Waals surface area contributed by atoms with E-state index in [1.54, 1.807) is 43.5 Å². The Morgan fingerprint density at radius 3 is 2.39 bits per heavy atom. The SMILES string of the molecule is COc1ccccc1NC(=O)c1ccc(NC(=O)Cc2ccc3c(c2)CCCC3)cc1. The van der Waals surface area contributed by atoms with Crippen molar-refractivity contribution < 1.29 is 14.3 Å². The number of para-hydroxylation sites is 2. The molecule has 4 rings (SSSR count). The van der Waals surface area contributed by atoms with Gasteiger partial charge >= 0.3 is 0 Å². The van der Waals surface area contributed by atoms with Crippen molar-refractivity contribution in [2.75, 3.05) is 17.7 Å². The molecule has 2 amide bonds. The number of fused-ring (bicyclic) bond motifs is 1. The molecule has 3 aromatic rings. The van der Waals surface area contributed by atoms with Gasteiger partial charge in [0.15, 0.2) is 0 Å². The summed E-state index contributed by atoms with van der Waals surface area (Å²) < 4.78 is 5.26. The number of methoxy groups -OCH3 is 1. The van der Waals surface area contributed by atoms with Gasteiger partial charge in [0.05, 0.1) is 19.2 Å². The molecule has 0 aliphatic heterocycles. The van der Waals surface area contributed by atoms with Crippen molar-refractivity contribution in [1.29, 1.82) is 0 Å². The average Bonchev–Trinajstić information content (AvgIpc) is 2.79. The van der Waals surface area contributed by atoms with Crippen LogP contribution < -0.4 is 15.4 Å². The molecule has 0 heterocycles. The lowest BCUT2D eigenvalue weighted by atomic mass is 9.90. The van der Waals surface area contributed by atoms with Crippen LogP contribution in [0.25, 0.3) is 0 Å². The van der Waals surface area contributed by atoms with Gasteiger partial charge in [0.25, 0.3) is 5.91 Å². The number of benzene rings is 3. The highest BCUT2D eigenvalue weighted by Crippen LogP contribution is 2.24. The number of carbonyl (C=O) groups is 2. The summed E-state index contributed by atoms with van der Waals surface area (Å²) in [6, 6.07) is 20.5. The van der Waals surface area contributed by atoms with Crippen LogP contribution >= 0.6 is 0 Å². The lowest BCUT2D eigenvalue weighted by Crippen LogP contribution is -2.16. The Balaban J connectivity index is 1.36. The molecule has 0 radical (unpaired) electrons. The summed E-state index contributed by atoms with van der Waals surface area (Å²) in [5.41, 5.74) is 5.60. The number of amides is 2. The van der Waals surface area contributed by atoms with Crippen LogP contribution in [0.4, 0.5) is 11.4 Å². The molecule has 5 heteroatoms. The highest BCUT2D eigenvalue weighted by Gasteiger charge is 2.12. The largest absolute Gasteiger partial charge is 0.495 e. The van der Waals surface area contributed by atoms with Crippen molar-refractivity contribution >= 4 is 23.2 Å². The molecule has 2 N–H and O–H groups in total. The second-order valence-corrected chi connectivity index (χ2v) is 7.77. The van der Waals surface area contributed by atoms with Gasteiger partial charge in [0, 0.05) is 11.3 Å². The summed E-state index contributed by atoms with van der Waals surface area (Å²) >= 11 is 0. The lowest BCUT2D eigenvalue weighted by Gasteiger charge is -2.16. The summed E-state index contributed by atoms with van der Waals surface area (Å²) in [7, 11) is 1.56. The molecule has 3 aromatic carbocycles. The average molecular weight is 415 g/mol. The first-order valence-electron chi connectivity index (χ1n) is 10.6. The van der Waals surface area contributed by atoms with E-state index in [4.69, 9.17) is 4.74 Å². The van der Waals surface area contributed by atoms with Gasteiger partial charge in [-0.15, -0.1) is 0 Å². The summed E-state index contributed by atoms with van der Waals surface area (Å²) in [5.74, 6) is 0.292. The molecule has 31 heavy (non-hydrogen) atoms. The van der Waals surface area contributed by atoms with Crippen LogP contribution in [0.5, 0.6) is 5.75 Å². The van der Waals surface area contributed by atoms with E-state index in [0.717, 1.165) is 18.4 Å². The maximum absolute atomic E-state index is 12.5.